The maximum atomic E-state index is 13.6. The Balaban J connectivity index is 2.23. The molecule has 0 heterocycles. The van der Waals surface area contributed by atoms with E-state index in [2.05, 4.69) is 0 Å². The van der Waals surface area contributed by atoms with Gasteiger partial charge in [-0.25, -0.2) is 4.39 Å². The van der Waals surface area contributed by atoms with Crippen molar-refractivity contribution >= 4 is 11.6 Å². The molecule has 6 heteroatoms. The van der Waals surface area contributed by atoms with Crippen LogP contribution in [0.1, 0.15) is 22.8 Å². The van der Waals surface area contributed by atoms with Crippen molar-refractivity contribution in [1.29, 1.82) is 0 Å². The third-order valence-electron chi connectivity index (χ3n) is 3.00. The van der Waals surface area contributed by atoms with Gasteiger partial charge in [0.25, 0.3) is 0 Å². The van der Waals surface area contributed by atoms with Crippen LogP contribution in [0.2, 0.25) is 5.02 Å². The molecular weight excluding hydrogens is 308 g/mol. The summed E-state index contributed by atoms with van der Waals surface area (Å²) in [5.74, 6) is -0.654. The molecule has 1 atom stereocenters. The number of alkyl halides is 3. The lowest BCUT2D eigenvalue weighted by atomic mass is 9.99. The maximum Gasteiger partial charge on any atom is 0.416 e. The highest BCUT2D eigenvalue weighted by Gasteiger charge is 2.30. The molecule has 2 aromatic rings. The average Bonchev–Trinajstić information content (AvgIpc) is 2.41. The molecule has 0 aromatic heterocycles. The molecule has 0 bridgehead atoms. The van der Waals surface area contributed by atoms with E-state index in [4.69, 9.17) is 11.6 Å². The average molecular weight is 319 g/mol. The molecule has 1 unspecified atom stereocenters. The summed E-state index contributed by atoms with van der Waals surface area (Å²) in [6.45, 7) is 0. The first-order chi connectivity index (χ1) is 9.77. The zero-order chi connectivity index (χ0) is 15.6. The molecule has 0 aliphatic heterocycles. The normalized spacial score (nSPS) is 13.2. The van der Waals surface area contributed by atoms with Gasteiger partial charge in [-0.2, -0.15) is 13.2 Å². The maximum absolute atomic E-state index is 13.6. The predicted molar refractivity (Wildman–Crippen MR) is 71.5 cm³/mol. The van der Waals surface area contributed by atoms with Crippen LogP contribution in [0.25, 0.3) is 0 Å². The van der Waals surface area contributed by atoms with Crippen molar-refractivity contribution in [3.63, 3.8) is 0 Å². The highest BCUT2D eigenvalue weighted by Crippen LogP contribution is 2.31. The van der Waals surface area contributed by atoms with Gasteiger partial charge in [-0.3, -0.25) is 0 Å². The van der Waals surface area contributed by atoms with Gasteiger partial charge in [0.15, 0.2) is 0 Å². The Bertz CT molecular complexity index is 640. The quantitative estimate of drug-likeness (QED) is 0.808. The van der Waals surface area contributed by atoms with E-state index in [0.717, 1.165) is 18.2 Å². The van der Waals surface area contributed by atoms with Crippen molar-refractivity contribution in [2.24, 2.45) is 0 Å². The summed E-state index contributed by atoms with van der Waals surface area (Å²) in [6, 6.07) is 8.27. The molecule has 2 aromatic carbocycles. The first kappa shape index (κ1) is 15.8. The molecule has 2 rings (SSSR count). The molecule has 0 spiro atoms. The summed E-state index contributed by atoms with van der Waals surface area (Å²) in [5.41, 5.74) is -0.588. The van der Waals surface area contributed by atoms with E-state index >= 15 is 0 Å². The first-order valence-electron chi connectivity index (χ1n) is 6.06. The molecule has 0 aliphatic carbocycles. The second-order valence-electron chi connectivity index (χ2n) is 4.58. The lowest BCUT2D eigenvalue weighted by Crippen LogP contribution is -2.08. The molecule has 0 saturated heterocycles. The Morgan fingerprint density at radius 2 is 1.81 bits per heavy atom. The van der Waals surface area contributed by atoms with Crippen LogP contribution in [0.5, 0.6) is 0 Å². The van der Waals surface area contributed by atoms with Gasteiger partial charge in [-0.05, 0) is 29.8 Å². The van der Waals surface area contributed by atoms with Crippen LogP contribution < -0.4 is 0 Å². The van der Waals surface area contributed by atoms with Gasteiger partial charge in [-0.15, -0.1) is 0 Å². The minimum Gasteiger partial charge on any atom is -0.388 e. The van der Waals surface area contributed by atoms with Crippen LogP contribution in [0.15, 0.2) is 42.5 Å². The Morgan fingerprint density at radius 3 is 2.48 bits per heavy atom. The SMILES string of the molecule is OC(Cc1cccc(C(F)(F)F)c1)c1cc(Cl)ccc1F. The Kier molecular flexibility index (Phi) is 4.54. The van der Waals surface area contributed by atoms with E-state index in [9.17, 15) is 22.7 Å². The molecule has 0 aliphatic rings. The van der Waals surface area contributed by atoms with Crippen molar-refractivity contribution in [3.05, 3.63) is 70.0 Å². The lowest BCUT2D eigenvalue weighted by Gasteiger charge is -2.14. The zero-order valence-electron chi connectivity index (χ0n) is 10.7. The van der Waals surface area contributed by atoms with Crippen LogP contribution in [0.4, 0.5) is 17.6 Å². The molecule has 1 nitrogen and oxygen atoms in total. The highest BCUT2D eigenvalue weighted by molar-refractivity contribution is 6.30. The summed E-state index contributed by atoms with van der Waals surface area (Å²) in [7, 11) is 0. The van der Waals surface area contributed by atoms with Crippen molar-refractivity contribution in [3.8, 4) is 0 Å². The van der Waals surface area contributed by atoms with Gasteiger partial charge in [0.2, 0.25) is 0 Å². The number of aliphatic hydroxyl groups excluding tert-OH is 1. The topological polar surface area (TPSA) is 20.2 Å². The summed E-state index contributed by atoms with van der Waals surface area (Å²) < 4.78 is 51.4. The number of rotatable bonds is 3. The number of halogens is 5. The van der Waals surface area contributed by atoms with E-state index in [1.165, 1.54) is 24.3 Å². The molecule has 0 amide bonds. The first-order valence-corrected chi connectivity index (χ1v) is 6.44. The Hall–Kier alpha value is -1.59. The fourth-order valence-electron chi connectivity index (χ4n) is 1.98. The van der Waals surface area contributed by atoms with E-state index < -0.39 is 23.7 Å². The van der Waals surface area contributed by atoms with Crippen molar-refractivity contribution in [2.45, 2.75) is 18.7 Å². The number of aliphatic hydroxyl groups is 1. The zero-order valence-corrected chi connectivity index (χ0v) is 11.4. The van der Waals surface area contributed by atoms with E-state index in [1.807, 2.05) is 0 Å². The van der Waals surface area contributed by atoms with Crippen LogP contribution >= 0.6 is 11.6 Å². The van der Waals surface area contributed by atoms with Gasteiger partial charge >= 0.3 is 6.18 Å². The van der Waals surface area contributed by atoms with E-state index in [-0.39, 0.29) is 22.6 Å². The van der Waals surface area contributed by atoms with Crippen molar-refractivity contribution < 1.29 is 22.7 Å². The summed E-state index contributed by atoms with van der Waals surface area (Å²) in [6.07, 6.45) is -5.86. The lowest BCUT2D eigenvalue weighted by molar-refractivity contribution is -0.137. The Morgan fingerprint density at radius 1 is 1.10 bits per heavy atom. The molecule has 112 valence electrons. The highest BCUT2D eigenvalue weighted by atomic mass is 35.5. The number of benzene rings is 2. The molecule has 1 N–H and O–H groups in total. The van der Waals surface area contributed by atoms with Crippen molar-refractivity contribution in [1.82, 2.24) is 0 Å². The fraction of sp³-hybridized carbons (Fsp3) is 0.200. The number of hydrogen-bond acceptors (Lipinski definition) is 1. The van der Waals surface area contributed by atoms with Gasteiger partial charge in [0.05, 0.1) is 11.7 Å². The molecular formula is C15H11ClF4O. The largest absolute Gasteiger partial charge is 0.416 e. The van der Waals surface area contributed by atoms with Gasteiger partial charge < -0.3 is 5.11 Å². The minimum absolute atomic E-state index is 0.0417. The second-order valence-corrected chi connectivity index (χ2v) is 5.02. The third-order valence-corrected chi connectivity index (χ3v) is 3.24. The van der Waals surface area contributed by atoms with Crippen LogP contribution in [0.3, 0.4) is 0 Å². The van der Waals surface area contributed by atoms with E-state index in [1.54, 1.807) is 0 Å². The molecule has 0 saturated carbocycles. The monoisotopic (exact) mass is 318 g/mol. The summed E-state index contributed by atoms with van der Waals surface area (Å²) in [5, 5.41) is 10.2. The van der Waals surface area contributed by atoms with Crippen molar-refractivity contribution in [2.75, 3.05) is 0 Å². The van der Waals surface area contributed by atoms with Crippen LogP contribution in [-0.2, 0) is 12.6 Å². The fourth-order valence-corrected chi connectivity index (χ4v) is 2.16. The van der Waals surface area contributed by atoms with Gasteiger partial charge in [0, 0.05) is 17.0 Å². The summed E-state index contributed by atoms with van der Waals surface area (Å²) in [4.78, 5) is 0. The molecule has 0 fully saturated rings. The smallest absolute Gasteiger partial charge is 0.388 e. The minimum atomic E-state index is -4.46. The second kappa shape index (κ2) is 6.03. The molecule has 21 heavy (non-hydrogen) atoms. The van der Waals surface area contributed by atoms with Crippen LogP contribution in [0, 0.1) is 5.82 Å². The number of hydrogen-bond donors (Lipinski definition) is 1. The van der Waals surface area contributed by atoms with Gasteiger partial charge in [0.1, 0.15) is 5.82 Å². The van der Waals surface area contributed by atoms with Crippen LogP contribution in [-0.4, -0.2) is 5.11 Å². The summed E-state index contributed by atoms with van der Waals surface area (Å²) >= 11 is 5.72. The predicted octanol–water partition coefficient (Wildman–Crippen LogP) is 4.77. The third kappa shape index (κ3) is 3.95. The Labute approximate surface area is 123 Å². The standard InChI is InChI=1S/C15H11ClF4O/c16-11-4-5-13(17)12(8-11)14(21)7-9-2-1-3-10(6-9)15(18,19)20/h1-6,8,14,21H,7H2. The molecule has 0 radical (unpaired) electrons. The van der Waals surface area contributed by atoms with Gasteiger partial charge in [-0.1, -0.05) is 29.8 Å². The van der Waals surface area contributed by atoms with E-state index in [0.29, 0.717) is 0 Å².